The molecule has 11 heteroatoms. The van der Waals surface area contributed by atoms with Crippen molar-refractivity contribution in [1.29, 1.82) is 0 Å². The van der Waals surface area contributed by atoms with Crippen molar-refractivity contribution >= 4 is 28.8 Å². The van der Waals surface area contributed by atoms with Gasteiger partial charge in [-0.15, -0.1) is 0 Å². The zero-order valence-corrected chi connectivity index (χ0v) is 22.4. The standard InChI is InChI=1S/C26H33N3O7S/c1-16-22(25(31)36-12-11-32-2)23(19-8-5-9-20(33-3)24(19)34-4)29-17(15-37-26(29)28-16)13-21(30)27-14-18-7-6-10-35-18/h5,8-9,15,18,23H,6-7,10-14H2,1-4H3,(H,27,30)/t18-,23+/m0/s1. The summed E-state index contributed by atoms with van der Waals surface area (Å²) in [5.41, 5.74) is 2.31. The smallest absolute Gasteiger partial charge is 0.338 e. The second kappa shape index (κ2) is 12.5. The molecule has 10 nitrogen and oxygen atoms in total. The van der Waals surface area contributed by atoms with E-state index in [1.54, 1.807) is 34.3 Å². The number of hydrogen-bond acceptors (Lipinski definition) is 10. The number of amides is 1. The normalized spacial score (nSPS) is 20.8. The molecular weight excluding hydrogens is 498 g/mol. The summed E-state index contributed by atoms with van der Waals surface area (Å²) >= 11 is 1.41. The Bertz CT molecular complexity index is 1110. The predicted octanol–water partition coefficient (Wildman–Crippen LogP) is 3.15. The first-order chi connectivity index (χ1) is 18.0. The summed E-state index contributed by atoms with van der Waals surface area (Å²) in [5.74, 6) is 0.382. The molecule has 0 saturated carbocycles. The van der Waals surface area contributed by atoms with E-state index in [1.165, 1.54) is 11.8 Å². The molecule has 200 valence electrons. The number of aliphatic imine (C=N–C) groups is 1. The summed E-state index contributed by atoms with van der Waals surface area (Å²) < 4.78 is 27.5. The van der Waals surface area contributed by atoms with Crippen LogP contribution in [0.1, 0.15) is 37.8 Å². The number of benzene rings is 1. The van der Waals surface area contributed by atoms with Crippen LogP contribution in [0.4, 0.5) is 0 Å². The molecule has 2 atom stereocenters. The SMILES string of the molecule is COCCOC(=O)C1=C(C)N=C2SC=C(CC(=O)NC[C@@H]3CCCO3)N2[C@@H]1c1cccc(OC)c1OC. The number of carbonyl (C=O) groups is 2. The number of nitrogens with zero attached hydrogens (tertiary/aromatic N) is 2. The Hall–Kier alpha value is -3.02. The Labute approximate surface area is 221 Å². The van der Waals surface area contributed by atoms with Crippen molar-refractivity contribution in [3.8, 4) is 11.5 Å². The molecule has 1 fully saturated rings. The lowest BCUT2D eigenvalue weighted by molar-refractivity contribution is -0.141. The van der Waals surface area contributed by atoms with Crippen molar-refractivity contribution in [3.63, 3.8) is 0 Å². The quantitative estimate of drug-likeness (QED) is 0.340. The zero-order valence-electron chi connectivity index (χ0n) is 21.6. The van der Waals surface area contributed by atoms with Crippen LogP contribution < -0.4 is 14.8 Å². The van der Waals surface area contributed by atoms with Crippen LogP contribution in [0.25, 0.3) is 0 Å². The topological polar surface area (TPSA) is 108 Å². The van der Waals surface area contributed by atoms with Crippen LogP contribution in [0.5, 0.6) is 11.5 Å². The minimum Gasteiger partial charge on any atom is -0.493 e. The van der Waals surface area contributed by atoms with E-state index in [4.69, 9.17) is 28.7 Å². The second-order valence-electron chi connectivity index (χ2n) is 8.72. The third-order valence-electron chi connectivity index (χ3n) is 6.36. The number of carbonyl (C=O) groups excluding carboxylic acids is 2. The molecule has 0 aromatic heterocycles. The van der Waals surface area contributed by atoms with Gasteiger partial charge in [0.2, 0.25) is 5.91 Å². The first-order valence-electron chi connectivity index (χ1n) is 12.2. The number of methoxy groups -OCH3 is 3. The number of allylic oxidation sites excluding steroid dienone is 1. The molecule has 1 aromatic rings. The lowest BCUT2D eigenvalue weighted by atomic mass is 9.92. The molecular formula is C26H33N3O7S. The number of rotatable bonds is 11. The van der Waals surface area contributed by atoms with Crippen LogP contribution in [0.15, 0.2) is 45.6 Å². The zero-order chi connectivity index (χ0) is 26.4. The number of hydrogen-bond donors (Lipinski definition) is 1. The average Bonchev–Trinajstić information content (AvgIpc) is 3.56. The van der Waals surface area contributed by atoms with Crippen LogP contribution in [-0.4, -0.2) is 75.7 Å². The van der Waals surface area contributed by atoms with Crippen molar-refractivity contribution in [2.24, 2.45) is 4.99 Å². The lowest BCUT2D eigenvalue weighted by Crippen LogP contribution is -2.39. The Balaban J connectivity index is 1.67. The summed E-state index contributed by atoms with van der Waals surface area (Å²) in [6.45, 7) is 3.37. The van der Waals surface area contributed by atoms with Gasteiger partial charge in [0, 0.05) is 31.5 Å². The van der Waals surface area contributed by atoms with Gasteiger partial charge in [-0.2, -0.15) is 0 Å². The van der Waals surface area contributed by atoms with Gasteiger partial charge >= 0.3 is 5.97 Å². The van der Waals surface area contributed by atoms with E-state index in [2.05, 4.69) is 5.32 Å². The van der Waals surface area contributed by atoms with Crippen molar-refractivity contribution in [3.05, 3.63) is 46.1 Å². The molecule has 3 heterocycles. The molecule has 0 bridgehead atoms. The maximum atomic E-state index is 13.4. The minimum atomic E-state index is -0.639. The first-order valence-corrected chi connectivity index (χ1v) is 13.1. The van der Waals surface area contributed by atoms with E-state index in [0.29, 0.717) is 40.0 Å². The molecule has 1 saturated heterocycles. The number of fused-ring (bicyclic) bond motifs is 1. The van der Waals surface area contributed by atoms with Gasteiger partial charge < -0.3 is 33.9 Å². The van der Waals surface area contributed by atoms with E-state index in [0.717, 1.165) is 25.1 Å². The fourth-order valence-electron chi connectivity index (χ4n) is 4.61. The monoisotopic (exact) mass is 531 g/mol. The van der Waals surface area contributed by atoms with Crippen LogP contribution in [0, 0.1) is 0 Å². The van der Waals surface area contributed by atoms with Gasteiger partial charge in [-0.1, -0.05) is 23.9 Å². The predicted molar refractivity (Wildman–Crippen MR) is 139 cm³/mol. The van der Waals surface area contributed by atoms with Crippen LogP contribution >= 0.6 is 11.8 Å². The van der Waals surface area contributed by atoms with Crippen LogP contribution in [0.3, 0.4) is 0 Å². The molecule has 1 amide bonds. The van der Waals surface area contributed by atoms with Gasteiger partial charge in [-0.05, 0) is 31.2 Å². The first kappa shape index (κ1) is 27.0. The Morgan fingerprint density at radius 2 is 2.05 bits per heavy atom. The molecule has 1 N–H and O–H groups in total. The number of thioether (sulfide) groups is 1. The molecule has 0 radical (unpaired) electrons. The Morgan fingerprint density at radius 3 is 2.76 bits per heavy atom. The van der Waals surface area contributed by atoms with Crippen LogP contribution in [0.2, 0.25) is 0 Å². The second-order valence-corrected chi connectivity index (χ2v) is 9.56. The number of para-hydroxylation sites is 1. The minimum absolute atomic E-state index is 0.0517. The van der Waals surface area contributed by atoms with Gasteiger partial charge in [0.15, 0.2) is 16.7 Å². The van der Waals surface area contributed by atoms with Gasteiger partial charge in [0.05, 0.1) is 50.7 Å². The molecule has 3 aliphatic rings. The molecule has 1 aromatic carbocycles. The molecule has 0 unspecified atom stereocenters. The van der Waals surface area contributed by atoms with Crippen molar-refractivity contribution < 1.29 is 33.3 Å². The average molecular weight is 532 g/mol. The summed E-state index contributed by atoms with van der Waals surface area (Å²) in [5, 5.41) is 5.55. The maximum Gasteiger partial charge on any atom is 0.338 e. The highest BCUT2D eigenvalue weighted by molar-refractivity contribution is 8.16. The van der Waals surface area contributed by atoms with Crippen LogP contribution in [-0.2, 0) is 23.8 Å². The third kappa shape index (κ3) is 5.94. The van der Waals surface area contributed by atoms with Crippen molar-refractivity contribution in [2.75, 3.05) is 47.7 Å². The highest BCUT2D eigenvalue weighted by Crippen LogP contribution is 2.48. The van der Waals surface area contributed by atoms with Gasteiger partial charge in [-0.25, -0.2) is 9.79 Å². The Kier molecular flexibility index (Phi) is 9.12. The van der Waals surface area contributed by atoms with Crippen molar-refractivity contribution in [1.82, 2.24) is 10.2 Å². The van der Waals surface area contributed by atoms with Gasteiger partial charge in [0.25, 0.3) is 0 Å². The third-order valence-corrected chi connectivity index (χ3v) is 7.25. The van der Waals surface area contributed by atoms with Crippen molar-refractivity contribution in [2.45, 2.75) is 38.3 Å². The number of nitrogens with one attached hydrogen (secondary N) is 1. The van der Waals surface area contributed by atoms with E-state index < -0.39 is 12.0 Å². The molecule has 4 rings (SSSR count). The highest BCUT2D eigenvalue weighted by atomic mass is 32.2. The summed E-state index contributed by atoms with van der Waals surface area (Å²) in [6.07, 6.45) is 2.12. The van der Waals surface area contributed by atoms with E-state index >= 15 is 0 Å². The molecule has 0 aliphatic carbocycles. The Morgan fingerprint density at radius 1 is 1.22 bits per heavy atom. The summed E-state index contributed by atoms with van der Waals surface area (Å²) in [6, 6.07) is 4.87. The summed E-state index contributed by atoms with van der Waals surface area (Å²) in [7, 11) is 4.66. The fraction of sp³-hybridized carbons (Fsp3) is 0.500. The number of amidine groups is 1. The molecule has 37 heavy (non-hydrogen) atoms. The number of esters is 1. The number of ether oxygens (including phenoxy) is 5. The largest absolute Gasteiger partial charge is 0.493 e. The maximum absolute atomic E-state index is 13.4. The molecule has 0 spiro atoms. The van der Waals surface area contributed by atoms with E-state index in [9.17, 15) is 9.59 Å². The highest BCUT2D eigenvalue weighted by Gasteiger charge is 2.42. The van der Waals surface area contributed by atoms with E-state index in [1.807, 2.05) is 22.4 Å². The fourth-order valence-corrected chi connectivity index (χ4v) is 5.57. The summed E-state index contributed by atoms with van der Waals surface area (Å²) in [4.78, 5) is 32.9. The van der Waals surface area contributed by atoms with Gasteiger partial charge in [-0.3, -0.25) is 4.79 Å². The van der Waals surface area contributed by atoms with E-state index in [-0.39, 0.29) is 31.6 Å². The molecule has 3 aliphatic heterocycles. The lowest BCUT2D eigenvalue weighted by Gasteiger charge is -2.37. The van der Waals surface area contributed by atoms with Gasteiger partial charge in [0.1, 0.15) is 6.61 Å².